The maximum atomic E-state index is 12.6. The zero-order chi connectivity index (χ0) is 22.4. The molecule has 0 aliphatic heterocycles. The number of nitrogens with one attached hydrogen (secondary N) is 2. The first-order chi connectivity index (χ1) is 14.1. The van der Waals surface area contributed by atoms with Crippen molar-refractivity contribution in [1.82, 2.24) is 9.55 Å². The van der Waals surface area contributed by atoms with Gasteiger partial charge in [-0.15, -0.1) is 0 Å². The number of H-pyrrole nitrogens is 1. The fraction of sp³-hybridized carbons (Fsp3) is 0.429. The van der Waals surface area contributed by atoms with Crippen molar-refractivity contribution in [2.24, 2.45) is 11.8 Å². The summed E-state index contributed by atoms with van der Waals surface area (Å²) in [4.78, 5) is 41.3. The molecule has 1 aromatic heterocycles. The molecule has 4 N–H and O–H groups in total. The second-order valence-electron chi connectivity index (χ2n) is 8.01. The normalized spacial score (nSPS) is 10.8. The maximum absolute atomic E-state index is 12.6. The predicted molar refractivity (Wildman–Crippen MR) is 117 cm³/mol. The summed E-state index contributed by atoms with van der Waals surface area (Å²) >= 11 is 0. The minimum atomic E-state index is -0.621. The molecular formula is C21H28N6O3. The number of nitrogens with two attached hydrogens (primary N) is 1. The van der Waals surface area contributed by atoms with Crippen LogP contribution in [0.15, 0.2) is 33.9 Å². The maximum Gasteiger partial charge on any atom is 0.330 e. The summed E-state index contributed by atoms with van der Waals surface area (Å²) in [6.45, 7) is 8.42. The Morgan fingerprint density at radius 1 is 1.20 bits per heavy atom. The topological polar surface area (TPSA) is 137 Å². The van der Waals surface area contributed by atoms with Crippen molar-refractivity contribution in [1.29, 1.82) is 5.26 Å². The van der Waals surface area contributed by atoms with Crippen molar-refractivity contribution in [3.63, 3.8) is 0 Å². The molecule has 2 aromatic rings. The number of carbonyl (C=O) groups excluding carboxylic acids is 1. The van der Waals surface area contributed by atoms with Gasteiger partial charge >= 0.3 is 5.69 Å². The molecule has 0 fully saturated rings. The third-order valence-electron chi connectivity index (χ3n) is 4.30. The fourth-order valence-electron chi connectivity index (χ4n) is 3.11. The lowest BCUT2D eigenvalue weighted by atomic mass is 10.2. The summed E-state index contributed by atoms with van der Waals surface area (Å²) < 4.78 is 1.33. The number of nitriles is 1. The quantitative estimate of drug-likeness (QED) is 0.604. The van der Waals surface area contributed by atoms with Crippen LogP contribution < -0.4 is 27.2 Å². The van der Waals surface area contributed by atoms with E-state index in [9.17, 15) is 14.4 Å². The number of hydrogen-bond donors (Lipinski definition) is 3. The molecule has 160 valence electrons. The van der Waals surface area contributed by atoms with E-state index >= 15 is 0 Å². The van der Waals surface area contributed by atoms with Crippen molar-refractivity contribution < 1.29 is 4.79 Å². The van der Waals surface area contributed by atoms with Gasteiger partial charge in [-0.2, -0.15) is 5.26 Å². The molecule has 0 aliphatic rings. The predicted octanol–water partition coefficient (Wildman–Crippen LogP) is 1.75. The second kappa shape index (κ2) is 9.78. The van der Waals surface area contributed by atoms with Gasteiger partial charge in [0.1, 0.15) is 11.5 Å². The molecule has 0 saturated carbocycles. The number of nitrogen functional groups attached to an aromatic ring is 1. The minimum Gasteiger partial charge on any atom is -0.383 e. The Morgan fingerprint density at radius 3 is 2.37 bits per heavy atom. The van der Waals surface area contributed by atoms with Crippen LogP contribution in [0.25, 0.3) is 0 Å². The Bertz CT molecular complexity index is 1040. The fourth-order valence-corrected chi connectivity index (χ4v) is 3.11. The number of aromatic amines is 1. The molecule has 0 bridgehead atoms. The summed E-state index contributed by atoms with van der Waals surface area (Å²) in [5.74, 6) is -0.0241. The van der Waals surface area contributed by atoms with Crippen LogP contribution in [0.5, 0.6) is 0 Å². The van der Waals surface area contributed by atoms with Crippen LogP contribution in [-0.4, -0.2) is 28.5 Å². The van der Waals surface area contributed by atoms with E-state index in [4.69, 9.17) is 11.0 Å². The number of nitrogens with zero attached hydrogens (tertiary/aromatic N) is 3. The molecule has 1 amide bonds. The Morgan fingerprint density at radius 2 is 1.83 bits per heavy atom. The van der Waals surface area contributed by atoms with E-state index in [1.54, 1.807) is 29.2 Å². The van der Waals surface area contributed by atoms with E-state index in [0.29, 0.717) is 24.3 Å². The van der Waals surface area contributed by atoms with Gasteiger partial charge < -0.3 is 16.0 Å². The highest BCUT2D eigenvalue weighted by molar-refractivity contribution is 5.94. The van der Waals surface area contributed by atoms with Crippen LogP contribution >= 0.6 is 0 Å². The zero-order valence-corrected chi connectivity index (χ0v) is 17.7. The van der Waals surface area contributed by atoms with Gasteiger partial charge in [0.05, 0.1) is 18.2 Å². The van der Waals surface area contributed by atoms with Crippen molar-refractivity contribution in [3.05, 3.63) is 50.7 Å². The third kappa shape index (κ3) is 5.73. The van der Waals surface area contributed by atoms with Crippen LogP contribution in [0, 0.1) is 23.2 Å². The average molecular weight is 412 g/mol. The Balaban J connectivity index is 2.35. The first kappa shape index (κ1) is 22.7. The SMILES string of the molecule is CC(C)CN(CC(=O)Nc1ccc(C#N)cc1)c1c(N)n(CC(C)C)c(=O)[nH]c1=O. The molecule has 0 radical (unpaired) electrons. The number of benzene rings is 1. The van der Waals surface area contributed by atoms with E-state index in [2.05, 4.69) is 10.3 Å². The van der Waals surface area contributed by atoms with E-state index in [0.717, 1.165) is 0 Å². The van der Waals surface area contributed by atoms with Crippen LogP contribution in [0.2, 0.25) is 0 Å². The molecule has 2 rings (SSSR count). The molecular weight excluding hydrogens is 384 g/mol. The monoisotopic (exact) mass is 412 g/mol. The van der Waals surface area contributed by atoms with Gasteiger partial charge in [-0.25, -0.2) is 4.79 Å². The van der Waals surface area contributed by atoms with Gasteiger partial charge in [0.2, 0.25) is 5.91 Å². The molecule has 0 atom stereocenters. The van der Waals surface area contributed by atoms with E-state index in [1.807, 2.05) is 33.8 Å². The number of hydrogen-bond acceptors (Lipinski definition) is 6. The number of anilines is 3. The highest BCUT2D eigenvalue weighted by Crippen LogP contribution is 2.19. The molecule has 9 nitrogen and oxygen atoms in total. The lowest BCUT2D eigenvalue weighted by Gasteiger charge is -2.27. The van der Waals surface area contributed by atoms with Crippen LogP contribution in [-0.2, 0) is 11.3 Å². The van der Waals surface area contributed by atoms with Gasteiger partial charge in [0, 0.05) is 18.8 Å². The first-order valence-corrected chi connectivity index (χ1v) is 9.79. The molecule has 1 heterocycles. The van der Waals surface area contributed by atoms with Crippen molar-refractivity contribution >= 4 is 23.1 Å². The Labute approximate surface area is 175 Å². The van der Waals surface area contributed by atoms with Gasteiger partial charge in [0.15, 0.2) is 0 Å². The van der Waals surface area contributed by atoms with E-state index < -0.39 is 11.2 Å². The van der Waals surface area contributed by atoms with Crippen molar-refractivity contribution in [2.75, 3.05) is 29.0 Å². The molecule has 30 heavy (non-hydrogen) atoms. The zero-order valence-electron chi connectivity index (χ0n) is 17.7. The van der Waals surface area contributed by atoms with Crippen LogP contribution in [0.3, 0.4) is 0 Å². The summed E-state index contributed by atoms with van der Waals surface area (Å²) in [6.07, 6.45) is 0. The number of amides is 1. The van der Waals surface area contributed by atoms with Crippen molar-refractivity contribution in [2.45, 2.75) is 34.2 Å². The van der Waals surface area contributed by atoms with Crippen LogP contribution in [0.4, 0.5) is 17.2 Å². The molecule has 0 unspecified atom stereocenters. The van der Waals surface area contributed by atoms with Gasteiger partial charge in [-0.3, -0.25) is 19.1 Å². The second-order valence-corrected chi connectivity index (χ2v) is 8.01. The highest BCUT2D eigenvalue weighted by atomic mass is 16.2. The number of rotatable bonds is 8. The number of carbonyl (C=O) groups is 1. The highest BCUT2D eigenvalue weighted by Gasteiger charge is 2.22. The van der Waals surface area contributed by atoms with E-state index in [-0.39, 0.29) is 35.8 Å². The molecule has 1 aromatic carbocycles. The summed E-state index contributed by atoms with van der Waals surface area (Å²) in [5, 5.41) is 11.6. The molecule has 0 saturated heterocycles. The van der Waals surface area contributed by atoms with Crippen LogP contribution in [0.1, 0.15) is 33.3 Å². The Hall–Kier alpha value is -3.54. The molecule has 0 aliphatic carbocycles. The molecule has 0 spiro atoms. The third-order valence-corrected chi connectivity index (χ3v) is 4.30. The van der Waals surface area contributed by atoms with E-state index in [1.165, 1.54) is 4.57 Å². The first-order valence-electron chi connectivity index (χ1n) is 9.79. The number of aromatic nitrogens is 2. The summed E-state index contributed by atoms with van der Waals surface area (Å²) in [5.41, 5.74) is 6.15. The average Bonchev–Trinajstić information content (AvgIpc) is 2.64. The summed E-state index contributed by atoms with van der Waals surface area (Å²) in [6, 6.07) is 8.49. The van der Waals surface area contributed by atoms with Gasteiger partial charge in [-0.05, 0) is 36.1 Å². The minimum absolute atomic E-state index is 0.0456. The van der Waals surface area contributed by atoms with Crippen molar-refractivity contribution in [3.8, 4) is 6.07 Å². The smallest absolute Gasteiger partial charge is 0.330 e. The largest absolute Gasteiger partial charge is 0.383 e. The summed E-state index contributed by atoms with van der Waals surface area (Å²) in [7, 11) is 0. The van der Waals surface area contributed by atoms with Gasteiger partial charge in [0.25, 0.3) is 5.56 Å². The molecule has 9 heteroatoms. The van der Waals surface area contributed by atoms with Gasteiger partial charge in [-0.1, -0.05) is 27.7 Å². The standard InChI is InChI=1S/C21H28N6O3/c1-13(2)10-26(12-17(28)24-16-7-5-15(9-22)6-8-16)18-19(23)27(11-14(3)4)21(30)25-20(18)29/h5-8,13-14H,10-12,23H2,1-4H3,(H,24,28)(H,25,29,30). The Kier molecular flexibility index (Phi) is 7.42. The lowest BCUT2D eigenvalue weighted by molar-refractivity contribution is -0.115. The lowest BCUT2D eigenvalue weighted by Crippen LogP contribution is -2.43.